The summed E-state index contributed by atoms with van der Waals surface area (Å²) in [5.41, 5.74) is 1.04. The van der Waals surface area contributed by atoms with Gasteiger partial charge in [0.15, 0.2) is 5.75 Å². The van der Waals surface area contributed by atoms with Gasteiger partial charge in [-0.2, -0.15) is 0 Å². The summed E-state index contributed by atoms with van der Waals surface area (Å²) in [6.07, 6.45) is 0. The quantitative estimate of drug-likeness (QED) is 0.547. The van der Waals surface area contributed by atoms with Crippen LogP contribution in [-0.2, 0) is 9.59 Å². The Morgan fingerprint density at radius 1 is 0.897 bits per heavy atom. The molecule has 0 aliphatic heterocycles. The molecule has 0 unspecified atom stereocenters. The maximum absolute atomic E-state index is 14.0. The van der Waals surface area contributed by atoms with Crippen LogP contribution >= 0.6 is 0 Å². The first-order valence-corrected chi connectivity index (χ1v) is 8.94. The van der Waals surface area contributed by atoms with Crippen LogP contribution in [0.25, 0.3) is 0 Å². The van der Waals surface area contributed by atoms with Crippen molar-refractivity contribution in [3.63, 3.8) is 0 Å². The Kier molecular flexibility index (Phi) is 6.42. The third-order valence-electron chi connectivity index (χ3n) is 3.86. The molecule has 0 bridgehead atoms. The summed E-state index contributed by atoms with van der Waals surface area (Å²) in [4.78, 5) is 23.5. The Morgan fingerprint density at radius 3 is 2.38 bits per heavy atom. The van der Waals surface area contributed by atoms with Gasteiger partial charge in [0.1, 0.15) is 11.6 Å². The lowest BCUT2D eigenvalue weighted by atomic mass is 10.2. The first-order chi connectivity index (χ1) is 14.0. The van der Waals surface area contributed by atoms with E-state index in [2.05, 4.69) is 16.0 Å². The Balaban J connectivity index is 1.64. The van der Waals surface area contributed by atoms with Gasteiger partial charge in [0, 0.05) is 12.6 Å². The number of rotatable bonds is 7. The zero-order chi connectivity index (χ0) is 20.6. The lowest BCUT2D eigenvalue weighted by molar-refractivity contribution is -0.115. The van der Waals surface area contributed by atoms with E-state index in [1.807, 2.05) is 30.3 Å². The van der Waals surface area contributed by atoms with Crippen LogP contribution in [-0.4, -0.2) is 18.4 Å². The highest BCUT2D eigenvalue weighted by Crippen LogP contribution is 2.29. The highest BCUT2D eigenvalue weighted by Gasteiger charge is 2.10. The number of nitrogens with one attached hydrogen (secondary N) is 3. The molecule has 0 heterocycles. The number of para-hydroxylation sites is 3. The molecule has 3 rings (SSSR count). The Bertz CT molecular complexity index is 1010. The number of halogens is 1. The van der Waals surface area contributed by atoms with Crippen LogP contribution in [0.5, 0.6) is 11.5 Å². The summed E-state index contributed by atoms with van der Waals surface area (Å²) >= 11 is 0. The smallest absolute Gasteiger partial charge is 0.243 e. The number of benzene rings is 3. The van der Waals surface area contributed by atoms with Gasteiger partial charge in [-0.15, -0.1) is 0 Å². The summed E-state index contributed by atoms with van der Waals surface area (Å²) in [7, 11) is 0. The van der Waals surface area contributed by atoms with E-state index >= 15 is 0 Å². The molecular weight excluding hydrogens is 373 g/mol. The molecule has 0 aliphatic rings. The zero-order valence-electron chi connectivity index (χ0n) is 15.7. The fraction of sp³-hybridized carbons (Fsp3) is 0.0909. The minimum atomic E-state index is -0.528. The molecule has 3 aromatic rings. The maximum Gasteiger partial charge on any atom is 0.243 e. The molecule has 2 amide bonds. The molecule has 0 atom stereocenters. The van der Waals surface area contributed by atoms with Gasteiger partial charge in [-0.1, -0.05) is 30.3 Å². The van der Waals surface area contributed by atoms with Crippen LogP contribution < -0.4 is 20.7 Å². The number of carbonyl (C=O) groups is 2. The molecule has 0 radical (unpaired) electrons. The highest BCUT2D eigenvalue weighted by molar-refractivity contribution is 5.95. The molecule has 3 aromatic carbocycles. The van der Waals surface area contributed by atoms with Gasteiger partial charge in [-0.25, -0.2) is 4.39 Å². The standard InChI is InChI=1S/C22H20FN3O3/c1-15(27)25-16-11-12-18(23)20(13-16)24-14-22(28)26-19-9-5-6-10-21(19)29-17-7-3-2-4-8-17/h2-13,24H,14H2,1H3,(H,25,27)(H,26,28). The average Bonchev–Trinajstić information content (AvgIpc) is 2.70. The first kappa shape index (κ1) is 19.9. The van der Waals surface area contributed by atoms with E-state index in [0.29, 0.717) is 22.9 Å². The van der Waals surface area contributed by atoms with Crippen LogP contribution in [0.3, 0.4) is 0 Å². The molecule has 148 valence electrons. The molecule has 0 saturated carbocycles. The normalized spacial score (nSPS) is 10.1. The second-order valence-corrected chi connectivity index (χ2v) is 6.19. The number of carbonyl (C=O) groups excluding carboxylic acids is 2. The molecule has 0 saturated heterocycles. The van der Waals surface area contributed by atoms with Crippen molar-refractivity contribution < 1.29 is 18.7 Å². The number of hydrogen-bond donors (Lipinski definition) is 3. The van der Waals surface area contributed by atoms with Gasteiger partial charge in [0.05, 0.1) is 17.9 Å². The fourth-order valence-corrected chi connectivity index (χ4v) is 2.59. The Hall–Kier alpha value is -3.87. The predicted molar refractivity (Wildman–Crippen MR) is 111 cm³/mol. The second-order valence-electron chi connectivity index (χ2n) is 6.19. The van der Waals surface area contributed by atoms with E-state index in [4.69, 9.17) is 4.74 Å². The third-order valence-corrected chi connectivity index (χ3v) is 3.86. The van der Waals surface area contributed by atoms with E-state index in [1.165, 1.54) is 25.1 Å². The van der Waals surface area contributed by atoms with Gasteiger partial charge >= 0.3 is 0 Å². The van der Waals surface area contributed by atoms with Crippen LogP contribution in [0.4, 0.5) is 21.5 Å². The van der Waals surface area contributed by atoms with Crippen molar-refractivity contribution in [2.75, 3.05) is 22.5 Å². The van der Waals surface area contributed by atoms with E-state index in [-0.39, 0.29) is 24.0 Å². The van der Waals surface area contributed by atoms with Crippen LogP contribution in [0.2, 0.25) is 0 Å². The summed E-state index contributed by atoms with van der Waals surface area (Å²) in [6, 6.07) is 20.3. The molecular formula is C22H20FN3O3. The molecule has 29 heavy (non-hydrogen) atoms. The van der Waals surface area contributed by atoms with E-state index < -0.39 is 5.82 Å². The van der Waals surface area contributed by atoms with Crippen molar-refractivity contribution in [3.8, 4) is 11.5 Å². The number of ether oxygens (including phenoxy) is 1. The molecule has 7 heteroatoms. The zero-order valence-corrected chi connectivity index (χ0v) is 15.7. The molecule has 0 fully saturated rings. The molecule has 0 aromatic heterocycles. The highest BCUT2D eigenvalue weighted by atomic mass is 19.1. The van der Waals surface area contributed by atoms with Crippen molar-refractivity contribution >= 4 is 28.9 Å². The third kappa shape index (κ3) is 5.80. The monoisotopic (exact) mass is 393 g/mol. The molecule has 0 spiro atoms. The molecule has 6 nitrogen and oxygen atoms in total. The van der Waals surface area contributed by atoms with Gasteiger partial charge in [0.25, 0.3) is 0 Å². The Labute approximate surface area is 167 Å². The van der Waals surface area contributed by atoms with Crippen molar-refractivity contribution in [1.82, 2.24) is 0 Å². The van der Waals surface area contributed by atoms with Crippen molar-refractivity contribution in [1.29, 1.82) is 0 Å². The largest absolute Gasteiger partial charge is 0.455 e. The summed E-state index contributed by atoms with van der Waals surface area (Å²) in [5, 5.41) is 8.05. The predicted octanol–water partition coefficient (Wildman–Crippen LogP) is 4.63. The first-order valence-electron chi connectivity index (χ1n) is 8.94. The van der Waals surface area contributed by atoms with Crippen LogP contribution in [0.1, 0.15) is 6.92 Å². The van der Waals surface area contributed by atoms with E-state index in [1.54, 1.807) is 24.3 Å². The lowest BCUT2D eigenvalue weighted by Crippen LogP contribution is -2.22. The number of anilines is 3. The summed E-state index contributed by atoms with van der Waals surface area (Å²) < 4.78 is 19.8. The van der Waals surface area contributed by atoms with Crippen molar-refractivity contribution in [3.05, 3.63) is 78.6 Å². The van der Waals surface area contributed by atoms with Gasteiger partial charge in [0.2, 0.25) is 11.8 Å². The second kappa shape index (κ2) is 9.36. The minimum absolute atomic E-state index is 0.111. The van der Waals surface area contributed by atoms with Gasteiger partial charge in [-0.05, 0) is 42.5 Å². The van der Waals surface area contributed by atoms with Crippen molar-refractivity contribution in [2.24, 2.45) is 0 Å². The maximum atomic E-state index is 14.0. The number of hydrogen-bond acceptors (Lipinski definition) is 4. The van der Waals surface area contributed by atoms with Crippen LogP contribution in [0.15, 0.2) is 72.8 Å². The lowest BCUT2D eigenvalue weighted by Gasteiger charge is -2.13. The Morgan fingerprint density at radius 2 is 1.62 bits per heavy atom. The topological polar surface area (TPSA) is 79.5 Å². The van der Waals surface area contributed by atoms with Gasteiger partial charge in [-0.3, -0.25) is 9.59 Å². The number of amides is 2. The van der Waals surface area contributed by atoms with E-state index in [0.717, 1.165) is 0 Å². The summed E-state index contributed by atoms with van der Waals surface area (Å²) in [6.45, 7) is 1.19. The van der Waals surface area contributed by atoms with Crippen LogP contribution in [0, 0.1) is 5.82 Å². The summed E-state index contributed by atoms with van der Waals surface area (Å²) in [5.74, 6) is -0.0384. The van der Waals surface area contributed by atoms with Crippen molar-refractivity contribution in [2.45, 2.75) is 6.92 Å². The SMILES string of the molecule is CC(=O)Nc1ccc(F)c(NCC(=O)Nc2ccccc2Oc2ccccc2)c1. The van der Waals surface area contributed by atoms with Gasteiger partial charge < -0.3 is 20.7 Å². The molecule has 0 aliphatic carbocycles. The minimum Gasteiger partial charge on any atom is -0.455 e. The molecule has 3 N–H and O–H groups in total. The average molecular weight is 393 g/mol. The fourth-order valence-electron chi connectivity index (χ4n) is 2.59. The van der Waals surface area contributed by atoms with E-state index in [9.17, 15) is 14.0 Å².